The molecule has 7 nitrogen and oxygen atoms in total. The zero-order chi connectivity index (χ0) is 18.4. The van der Waals surface area contributed by atoms with Gasteiger partial charge in [-0.05, 0) is 35.6 Å². The molecule has 0 spiro atoms. The number of anilines is 2. The Labute approximate surface area is 146 Å². The van der Waals surface area contributed by atoms with E-state index in [4.69, 9.17) is 4.74 Å². The Morgan fingerprint density at radius 2 is 2.04 bits per heavy atom. The topological polar surface area (TPSA) is 95.9 Å². The lowest BCUT2D eigenvalue weighted by atomic mass is 10.1. The van der Waals surface area contributed by atoms with Crippen LogP contribution in [0.3, 0.4) is 0 Å². The number of nitrogens with zero attached hydrogens (tertiary/aromatic N) is 1. The molecule has 1 aliphatic heterocycles. The van der Waals surface area contributed by atoms with Crippen LogP contribution in [0.1, 0.15) is 19.4 Å². The number of carboxylic acid groups (broad SMARTS) is 1. The molecular formula is C18H22N2O5. The van der Waals surface area contributed by atoms with Crippen LogP contribution in [0, 0.1) is 17.3 Å². The Kier molecular flexibility index (Phi) is 4.28. The van der Waals surface area contributed by atoms with Crippen molar-refractivity contribution in [1.29, 1.82) is 0 Å². The molecule has 2 atom stereocenters. The van der Waals surface area contributed by atoms with Gasteiger partial charge in [-0.1, -0.05) is 13.8 Å². The lowest BCUT2D eigenvalue weighted by molar-refractivity contribution is -0.140. The van der Waals surface area contributed by atoms with Gasteiger partial charge in [0, 0.05) is 25.0 Å². The van der Waals surface area contributed by atoms with Crippen LogP contribution in [0.2, 0.25) is 0 Å². The number of rotatable bonds is 5. The second-order valence-electron chi connectivity index (χ2n) is 7.18. The maximum absolute atomic E-state index is 12.4. The van der Waals surface area contributed by atoms with E-state index < -0.39 is 23.2 Å². The van der Waals surface area contributed by atoms with E-state index in [9.17, 15) is 19.5 Å². The first-order valence-corrected chi connectivity index (χ1v) is 8.23. The van der Waals surface area contributed by atoms with Crippen LogP contribution in [-0.2, 0) is 25.5 Å². The highest BCUT2D eigenvalue weighted by Crippen LogP contribution is 2.58. The summed E-state index contributed by atoms with van der Waals surface area (Å²) in [6.07, 6.45) is 0.709. The van der Waals surface area contributed by atoms with Gasteiger partial charge in [-0.3, -0.25) is 14.4 Å². The number of carboxylic acids is 1. The standard InChI is InChI=1S/C18H22N2O5/c1-18(2)14(15(18)17(23)24)16(22)19-11-4-5-12-10(8-11)6-7-20(12)13(21)9-25-3/h4-5,8,14-15H,6-7,9H2,1-3H3,(H,19,22)(H,23,24)/t14-,15+/m0/s1. The second-order valence-corrected chi connectivity index (χ2v) is 7.18. The summed E-state index contributed by atoms with van der Waals surface area (Å²) in [6, 6.07) is 5.39. The molecule has 2 aliphatic rings. The lowest BCUT2D eigenvalue weighted by Crippen LogP contribution is -2.31. The average molecular weight is 346 g/mol. The largest absolute Gasteiger partial charge is 0.481 e. The van der Waals surface area contributed by atoms with Gasteiger partial charge in [-0.15, -0.1) is 0 Å². The van der Waals surface area contributed by atoms with E-state index in [0.717, 1.165) is 11.3 Å². The highest BCUT2D eigenvalue weighted by molar-refractivity contribution is 6.01. The van der Waals surface area contributed by atoms with Crippen LogP contribution in [0.15, 0.2) is 18.2 Å². The van der Waals surface area contributed by atoms with Crippen molar-refractivity contribution in [1.82, 2.24) is 0 Å². The first-order valence-electron chi connectivity index (χ1n) is 8.23. The van der Waals surface area contributed by atoms with Crippen molar-refractivity contribution >= 4 is 29.2 Å². The number of benzene rings is 1. The summed E-state index contributed by atoms with van der Waals surface area (Å²) in [6.45, 7) is 4.20. The van der Waals surface area contributed by atoms with Crippen LogP contribution in [0.25, 0.3) is 0 Å². The lowest BCUT2D eigenvalue weighted by Gasteiger charge is -2.17. The van der Waals surface area contributed by atoms with E-state index >= 15 is 0 Å². The van der Waals surface area contributed by atoms with Gasteiger partial charge >= 0.3 is 5.97 Å². The fourth-order valence-electron chi connectivity index (χ4n) is 3.75. The first-order chi connectivity index (χ1) is 11.8. The van der Waals surface area contributed by atoms with Crippen molar-refractivity contribution in [3.8, 4) is 0 Å². The minimum absolute atomic E-state index is 0.0330. The van der Waals surface area contributed by atoms with E-state index in [-0.39, 0.29) is 18.4 Å². The molecule has 0 radical (unpaired) electrons. The van der Waals surface area contributed by atoms with E-state index in [0.29, 0.717) is 18.7 Å². The fraction of sp³-hybridized carbons (Fsp3) is 0.500. The number of hydrogen-bond donors (Lipinski definition) is 2. The number of aliphatic carboxylic acids is 1. The predicted octanol–water partition coefficient (Wildman–Crippen LogP) is 1.52. The van der Waals surface area contributed by atoms with Gasteiger partial charge in [0.15, 0.2) is 0 Å². The Morgan fingerprint density at radius 3 is 2.64 bits per heavy atom. The summed E-state index contributed by atoms with van der Waals surface area (Å²) in [5.41, 5.74) is 1.90. The summed E-state index contributed by atoms with van der Waals surface area (Å²) in [4.78, 5) is 37.3. The van der Waals surface area contributed by atoms with E-state index in [1.54, 1.807) is 30.9 Å². The van der Waals surface area contributed by atoms with Gasteiger partial charge in [0.1, 0.15) is 6.61 Å². The van der Waals surface area contributed by atoms with Gasteiger partial charge in [0.2, 0.25) is 5.91 Å². The normalized spacial score (nSPS) is 23.1. The molecule has 0 saturated heterocycles. The third-order valence-electron chi connectivity index (χ3n) is 5.19. The molecule has 1 aromatic rings. The zero-order valence-corrected chi connectivity index (χ0v) is 14.5. The molecule has 2 N–H and O–H groups in total. The smallest absolute Gasteiger partial charge is 0.307 e. The van der Waals surface area contributed by atoms with Crippen LogP contribution < -0.4 is 10.2 Å². The first kappa shape index (κ1) is 17.4. The number of fused-ring (bicyclic) bond motifs is 1. The molecule has 0 bridgehead atoms. The molecule has 0 aromatic heterocycles. The minimum atomic E-state index is -0.939. The van der Waals surface area contributed by atoms with Gasteiger partial charge in [0.05, 0.1) is 11.8 Å². The molecule has 0 unspecified atom stereocenters. The maximum atomic E-state index is 12.4. The molecule has 1 aromatic carbocycles. The van der Waals surface area contributed by atoms with E-state index in [2.05, 4.69) is 5.32 Å². The van der Waals surface area contributed by atoms with Crippen LogP contribution >= 0.6 is 0 Å². The van der Waals surface area contributed by atoms with Gasteiger partial charge < -0.3 is 20.1 Å². The Bertz CT molecular complexity index is 743. The minimum Gasteiger partial charge on any atom is -0.481 e. The van der Waals surface area contributed by atoms with Crippen molar-refractivity contribution in [2.24, 2.45) is 17.3 Å². The monoisotopic (exact) mass is 346 g/mol. The summed E-state index contributed by atoms with van der Waals surface area (Å²) in [5.74, 6) is -2.49. The highest BCUT2D eigenvalue weighted by Gasteiger charge is 2.65. The number of carbonyl (C=O) groups excluding carboxylic acids is 2. The second kappa shape index (κ2) is 6.15. The molecule has 3 rings (SSSR count). The number of ether oxygens (including phenoxy) is 1. The Hall–Kier alpha value is -2.41. The van der Waals surface area contributed by atoms with Gasteiger partial charge in [-0.2, -0.15) is 0 Å². The van der Waals surface area contributed by atoms with Gasteiger partial charge in [-0.25, -0.2) is 0 Å². The number of carbonyl (C=O) groups is 3. The molecule has 1 heterocycles. The highest BCUT2D eigenvalue weighted by atomic mass is 16.5. The summed E-state index contributed by atoms with van der Waals surface area (Å²) in [5, 5.41) is 12.0. The van der Waals surface area contributed by atoms with Crippen LogP contribution in [0.4, 0.5) is 11.4 Å². The third-order valence-corrected chi connectivity index (χ3v) is 5.19. The van der Waals surface area contributed by atoms with E-state index in [1.165, 1.54) is 7.11 Å². The molecule has 7 heteroatoms. The molecule has 25 heavy (non-hydrogen) atoms. The number of methoxy groups -OCH3 is 1. The van der Waals surface area contributed by atoms with Gasteiger partial charge in [0.25, 0.3) is 5.91 Å². The van der Waals surface area contributed by atoms with Crippen molar-refractivity contribution in [2.75, 3.05) is 30.5 Å². The predicted molar refractivity (Wildman–Crippen MR) is 91.4 cm³/mol. The Morgan fingerprint density at radius 1 is 1.32 bits per heavy atom. The molecule has 1 saturated carbocycles. The van der Waals surface area contributed by atoms with Crippen LogP contribution in [-0.4, -0.2) is 43.2 Å². The summed E-state index contributed by atoms with van der Waals surface area (Å²) >= 11 is 0. The van der Waals surface area contributed by atoms with E-state index in [1.807, 2.05) is 6.07 Å². The zero-order valence-electron chi connectivity index (χ0n) is 14.5. The fourth-order valence-corrected chi connectivity index (χ4v) is 3.75. The summed E-state index contributed by atoms with van der Waals surface area (Å²) in [7, 11) is 1.48. The quantitative estimate of drug-likeness (QED) is 0.843. The van der Waals surface area contributed by atoms with Crippen molar-refractivity contribution in [3.05, 3.63) is 23.8 Å². The van der Waals surface area contributed by atoms with Crippen molar-refractivity contribution in [2.45, 2.75) is 20.3 Å². The number of hydrogen-bond acceptors (Lipinski definition) is 4. The molecule has 1 aliphatic carbocycles. The maximum Gasteiger partial charge on any atom is 0.307 e. The summed E-state index contributed by atoms with van der Waals surface area (Å²) < 4.78 is 4.89. The number of amides is 2. The third kappa shape index (κ3) is 3.00. The molecule has 134 valence electrons. The Balaban J connectivity index is 1.71. The molecular weight excluding hydrogens is 324 g/mol. The number of nitrogens with one attached hydrogen (secondary N) is 1. The van der Waals surface area contributed by atoms with Crippen LogP contribution in [0.5, 0.6) is 0 Å². The molecule has 1 fully saturated rings. The SMILES string of the molecule is COCC(=O)N1CCc2cc(NC(=O)[C@@H]3[C@H](C(=O)O)C3(C)C)ccc21. The average Bonchev–Trinajstić information content (AvgIpc) is 2.91. The van der Waals surface area contributed by atoms with Crippen molar-refractivity contribution < 1.29 is 24.2 Å². The van der Waals surface area contributed by atoms with Crippen molar-refractivity contribution in [3.63, 3.8) is 0 Å². The molecule has 2 amide bonds.